The van der Waals surface area contributed by atoms with Crippen LogP contribution in [0.2, 0.25) is 0 Å². The van der Waals surface area contributed by atoms with Crippen LogP contribution in [0.1, 0.15) is 27.8 Å². The summed E-state index contributed by atoms with van der Waals surface area (Å²) in [6, 6.07) is 8.34. The molecule has 4 heterocycles. The number of amides is 1. The number of para-hydroxylation sites is 2. The zero-order valence-electron chi connectivity index (χ0n) is 15.6. The van der Waals surface area contributed by atoms with Gasteiger partial charge in [0, 0.05) is 18.2 Å². The lowest BCUT2D eigenvalue weighted by atomic mass is 10.1. The molecule has 29 heavy (non-hydrogen) atoms. The molecule has 0 spiro atoms. The number of aryl methyl sites for hydroxylation is 1. The second kappa shape index (κ2) is 7.57. The fraction of sp³-hybridized carbons (Fsp3) is 0.350. The topological polar surface area (TPSA) is 99.0 Å². The number of hydrogen-bond acceptors (Lipinski definition) is 7. The molecule has 1 amide bonds. The Bertz CT molecular complexity index is 1150. The minimum atomic E-state index is -0.364. The third-order valence-electron chi connectivity index (χ3n) is 5.23. The highest BCUT2D eigenvalue weighted by atomic mass is 32.2. The highest BCUT2D eigenvalue weighted by Crippen LogP contribution is 2.23. The van der Waals surface area contributed by atoms with Crippen LogP contribution in [0.15, 0.2) is 41.3 Å². The van der Waals surface area contributed by atoms with Gasteiger partial charge in [-0.2, -0.15) is 16.9 Å². The predicted molar refractivity (Wildman–Crippen MR) is 109 cm³/mol. The van der Waals surface area contributed by atoms with E-state index in [4.69, 9.17) is 4.74 Å². The number of hydrogen-bond donors (Lipinski definition) is 1. The Hall–Kier alpha value is -2.78. The predicted octanol–water partition coefficient (Wildman–Crippen LogP) is 1.35. The Morgan fingerprint density at radius 1 is 1.24 bits per heavy atom. The molecule has 1 aromatic carbocycles. The van der Waals surface area contributed by atoms with Gasteiger partial charge in [-0.3, -0.25) is 14.6 Å². The quantitative estimate of drug-likeness (QED) is 0.697. The fourth-order valence-electron chi connectivity index (χ4n) is 3.70. The maximum Gasteiger partial charge on any atom is 0.271 e. The number of ether oxygens (including phenoxy) is 1. The Labute approximate surface area is 170 Å². The summed E-state index contributed by atoms with van der Waals surface area (Å²) in [4.78, 5) is 34.1. The molecule has 1 N–H and O–H groups in total. The summed E-state index contributed by atoms with van der Waals surface area (Å²) in [5.41, 5.74) is 3.43. The number of carbonyl (C=O) groups is 1. The van der Waals surface area contributed by atoms with Crippen molar-refractivity contribution in [1.82, 2.24) is 25.1 Å². The smallest absolute Gasteiger partial charge is 0.271 e. The van der Waals surface area contributed by atoms with Crippen LogP contribution in [0.3, 0.4) is 0 Å². The molecule has 2 atom stereocenters. The maximum atomic E-state index is 12.8. The van der Waals surface area contributed by atoms with E-state index in [0.717, 1.165) is 34.7 Å². The van der Waals surface area contributed by atoms with Crippen LogP contribution in [-0.2, 0) is 16.9 Å². The summed E-state index contributed by atoms with van der Waals surface area (Å²) >= 11 is 1.81. The van der Waals surface area contributed by atoms with E-state index in [0.29, 0.717) is 18.7 Å². The number of thioether (sulfide) groups is 1. The van der Waals surface area contributed by atoms with E-state index in [1.165, 1.54) is 10.9 Å². The maximum absolute atomic E-state index is 12.8. The molecule has 5 rings (SSSR count). The van der Waals surface area contributed by atoms with Crippen LogP contribution < -0.4 is 10.9 Å². The van der Waals surface area contributed by atoms with Crippen molar-refractivity contribution in [2.75, 3.05) is 19.0 Å². The van der Waals surface area contributed by atoms with Gasteiger partial charge in [0.25, 0.3) is 11.5 Å². The van der Waals surface area contributed by atoms with E-state index >= 15 is 0 Å². The molecule has 0 bridgehead atoms. The van der Waals surface area contributed by atoms with Gasteiger partial charge in [0.2, 0.25) is 0 Å². The first-order valence-corrected chi connectivity index (χ1v) is 10.6. The lowest BCUT2D eigenvalue weighted by Gasteiger charge is -2.22. The molecule has 0 saturated carbocycles. The van der Waals surface area contributed by atoms with Gasteiger partial charge in [0.1, 0.15) is 11.7 Å². The Balaban J connectivity index is 1.39. The molecular formula is C20H19N5O3S. The van der Waals surface area contributed by atoms with Crippen LogP contribution in [0.5, 0.6) is 0 Å². The second-order valence-electron chi connectivity index (χ2n) is 7.13. The molecule has 0 radical (unpaired) electrons. The highest BCUT2D eigenvalue weighted by molar-refractivity contribution is 7.98. The number of aromatic nitrogens is 4. The van der Waals surface area contributed by atoms with Gasteiger partial charge in [-0.05, 0) is 23.4 Å². The van der Waals surface area contributed by atoms with Gasteiger partial charge in [0.15, 0.2) is 0 Å². The monoisotopic (exact) mass is 409 g/mol. The zero-order chi connectivity index (χ0) is 19.8. The van der Waals surface area contributed by atoms with Crippen molar-refractivity contribution in [2.24, 2.45) is 0 Å². The Kier molecular flexibility index (Phi) is 4.76. The molecule has 2 aliphatic rings. The molecule has 2 aliphatic heterocycles. The molecule has 2 aromatic heterocycles. The van der Waals surface area contributed by atoms with E-state index in [1.54, 1.807) is 6.07 Å². The third kappa shape index (κ3) is 3.51. The first kappa shape index (κ1) is 18.3. The molecule has 1 saturated heterocycles. The van der Waals surface area contributed by atoms with Gasteiger partial charge in [-0.25, -0.2) is 9.67 Å². The van der Waals surface area contributed by atoms with Gasteiger partial charge in [0.05, 0.1) is 42.2 Å². The van der Waals surface area contributed by atoms with E-state index in [1.807, 2.05) is 36.0 Å². The zero-order valence-corrected chi connectivity index (χ0v) is 16.4. The molecule has 148 valence electrons. The summed E-state index contributed by atoms with van der Waals surface area (Å²) in [7, 11) is 0. The number of nitrogens with one attached hydrogen (secondary N) is 1. The lowest BCUT2D eigenvalue weighted by molar-refractivity contribution is 0.0919. The number of carbonyl (C=O) groups excluding carboxylic acids is 1. The fourth-order valence-corrected chi connectivity index (χ4v) is 4.65. The molecule has 0 aliphatic carbocycles. The van der Waals surface area contributed by atoms with Gasteiger partial charge in [-0.1, -0.05) is 12.1 Å². The first-order valence-electron chi connectivity index (χ1n) is 9.49. The molecule has 8 nitrogen and oxygen atoms in total. The Morgan fingerprint density at radius 3 is 3.00 bits per heavy atom. The molecular weight excluding hydrogens is 390 g/mol. The van der Waals surface area contributed by atoms with Crippen LogP contribution in [0.4, 0.5) is 0 Å². The van der Waals surface area contributed by atoms with Crippen molar-refractivity contribution >= 4 is 28.7 Å². The molecule has 3 aromatic rings. The number of benzene rings is 1. The van der Waals surface area contributed by atoms with E-state index in [9.17, 15) is 9.59 Å². The van der Waals surface area contributed by atoms with Crippen molar-refractivity contribution < 1.29 is 9.53 Å². The van der Waals surface area contributed by atoms with Gasteiger partial charge < -0.3 is 10.1 Å². The lowest BCUT2D eigenvalue weighted by Crippen LogP contribution is -2.44. The van der Waals surface area contributed by atoms with E-state index in [2.05, 4.69) is 20.4 Å². The van der Waals surface area contributed by atoms with Crippen molar-refractivity contribution in [3.8, 4) is 0 Å². The van der Waals surface area contributed by atoms with Gasteiger partial charge >= 0.3 is 0 Å². The molecule has 2 unspecified atom stereocenters. The summed E-state index contributed by atoms with van der Waals surface area (Å²) in [6.45, 7) is 0.646. The molecule has 1 fully saturated rings. The Morgan fingerprint density at radius 2 is 2.10 bits per heavy atom. The summed E-state index contributed by atoms with van der Waals surface area (Å²) in [6.07, 6.45) is 2.31. The summed E-state index contributed by atoms with van der Waals surface area (Å²) < 4.78 is 7.05. The van der Waals surface area contributed by atoms with E-state index < -0.39 is 0 Å². The van der Waals surface area contributed by atoms with Crippen molar-refractivity contribution in [3.05, 3.63) is 63.8 Å². The minimum Gasteiger partial charge on any atom is -0.377 e. The summed E-state index contributed by atoms with van der Waals surface area (Å²) in [5.74, 6) is 1.48. The standard InChI is InChI=1S/C20H19N5O3S/c26-19-7-12-11-29-6-5-13(12)24-25(19)18-10-28-9-17(18)23-20(27)16-8-21-14-3-1-2-4-15(14)22-16/h1-4,7-8,17-18H,5-6,9-11H2,(H,23,27). The van der Waals surface area contributed by atoms with Gasteiger partial charge in [-0.15, -0.1) is 0 Å². The number of fused-ring (bicyclic) bond motifs is 2. The highest BCUT2D eigenvalue weighted by Gasteiger charge is 2.33. The van der Waals surface area contributed by atoms with Crippen molar-refractivity contribution in [2.45, 2.75) is 24.3 Å². The average Bonchev–Trinajstić information content (AvgIpc) is 3.20. The SMILES string of the molecule is O=C(NC1COCC1n1nc2c(cc1=O)CSCC2)c1cnc2ccccc2n1. The number of nitrogens with zero attached hydrogens (tertiary/aromatic N) is 4. The van der Waals surface area contributed by atoms with Crippen molar-refractivity contribution in [1.29, 1.82) is 0 Å². The first-order chi connectivity index (χ1) is 14.2. The molecule has 9 heteroatoms. The average molecular weight is 409 g/mol. The minimum absolute atomic E-state index is 0.161. The van der Waals surface area contributed by atoms with Crippen LogP contribution >= 0.6 is 11.8 Å². The van der Waals surface area contributed by atoms with E-state index in [-0.39, 0.29) is 29.2 Å². The second-order valence-corrected chi connectivity index (χ2v) is 8.24. The largest absolute Gasteiger partial charge is 0.377 e. The van der Waals surface area contributed by atoms with Crippen molar-refractivity contribution in [3.63, 3.8) is 0 Å². The van der Waals surface area contributed by atoms with Crippen LogP contribution in [-0.4, -0.2) is 50.7 Å². The van der Waals surface area contributed by atoms with Crippen LogP contribution in [0.25, 0.3) is 11.0 Å². The third-order valence-corrected chi connectivity index (χ3v) is 6.23. The number of rotatable bonds is 3. The summed E-state index contributed by atoms with van der Waals surface area (Å²) in [5, 5.41) is 7.54. The normalized spacial score (nSPS) is 21.1. The van der Waals surface area contributed by atoms with Crippen LogP contribution in [0, 0.1) is 0 Å².